The first-order chi connectivity index (χ1) is 7.49. The zero-order chi connectivity index (χ0) is 12.1. The molecule has 6 heteroatoms. The Labute approximate surface area is 95.4 Å². The molecular weight excluding hydrogens is 210 g/mol. The molecule has 1 saturated heterocycles. The van der Waals surface area contributed by atoms with Crippen molar-refractivity contribution in [1.82, 2.24) is 14.7 Å². The van der Waals surface area contributed by atoms with Crippen LogP contribution in [0.1, 0.15) is 0 Å². The molecule has 1 amide bonds. The zero-order valence-electron chi connectivity index (χ0n) is 9.56. The number of hydrogen-bond donors (Lipinski definition) is 1. The molecule has 0 unspecified atom stereocenters. The number of carbonyl (C=O) groups excluding carboxylic acids is 1. The third-order valence-corrected chi connectivity index (χ3v) is 2.57. The Balaban J connectivity index is 2.32. The highest BCUT2D eigenvalue weighted by Crippen LogP contribution is 2.00. The lowest BCUT2D eigenvalue weighted by Crippen LogP contribution is -2.49. The summed E-state index contributed by atoms with van der Waals surface area (Å²) in [5, 5.41) is 8.53. The highest BCUT2D eigenvalue weighted by molar-refractivity contribution is 5.79. The Hall–Kier alpha value is -1.14. The molecule has 1 aliphatic rings. The molecule has 1 rings (SSSR count). The Morgan fingerprint density at radius 3 is 2.31 bits per heavy atom. The van der Waals surface area contributed by atoms with Crippen molar-refractivity contribution in [3.63, 3.8) is 0 Å². The van der Waals surface area contributed by atoms with Crippen LogP contribution in [-0.4, -0.2) is 78.0 Å². The summed E-state index contributed by atoms with van der Waals surface area (Å²) in [6.07, 6.45) is 0. The molecule has 0 saturated carbocycles. The van der Waals surface area contributed by atoms with Gasteiger partial charge in [0.1, 0.15) is 0 Å². The van der Waals surface area contributed by atoms with Gasteiger partial charge in [-0.2, -0.15) is 0 Å². The van der Waals surface area contributed by atoms with Crippen LogP contribution in [0, 0.1) is 7.05 Å². The summed E-state index contributed by atoms with van der Waals surface area (Å²) in [4.78, 5) is 27.3. The highest BCUT2D eigenvalue weighted by Gasteiger charge is 2.18. The van der Waals surface area contributed by atoms with Crippen molar-refractivity contribution < 1.29 is 14.7 Å². The van der Waals surface area contributed by atoms with Crippen LogP contribution < -0.4 is 0 Å². The first kappa shape index (κ1) is 12.9. The maximum atomic E-state index is 11.7. The summed E-state index contributed by atoms with van der Waals surface area (Å²) in [5.74, 6) is -1.02. The van der Waals surface area contributed by atoms with E-state index >= 15 is 0 Å². The molecular formula is C10H18N3O3-. The predicted molar refractivity (Wildman–Crippen MR) is 58.6 cm³/mol. The second kappa shape index (κ2) is 5.81. The van der Waals surface area contributed by atoms with Gasteiger partial charge in [-0.1, -0.05) is 0 Å². The molecule has 1 heterocycles. The summed E-state index contributed by atoms with van der Waals surface area (Å²) in [7, 11) is 5.54. The molecule has 0 aromatic carbocycles. The Bertz CT molecular complexity index is 262. The average molecular weight is 228 g/mol. The van der Waals surface area contributed by atoms with Gasteiger partial charge in [-0.25, -0.2) is 0 Å². The van der Waals surface area contributed by atoms with Crippen molar-refractivity contribution >= 4 is 11.9 Å². The monoisotopic (exact) mass is 228 g/mol. The second-order valence-electron chi connectivity index (χ2n) is 4.06. The van der Waals surface area contributed by atoms with E-state index in [9.17, 15) is 9.59 Å². The number of piperazine rings is 1. The molecule has 0 aromatic rings. The van der Waals surface area contributed by atoms with Crippen molar-refractivity contribution in [2.45, 2.75) is 0 Å². The van der Waals surface area contributed by atoms with Gasteiger partial charge in [0.25, 0.3) is 0 Å². The van der Waals surface area contributed by atoms with Crippen LogP contribution in [0.15, 0.2) is 0 Å². The molecule has 1 fully saturated rings. The number of amides is 1. The van der Waals surface area contributed by atoms with E-state index in [1.54, 1.807) is 4.90 Å². The Morgan fingerprint density at radius 2 is 1.81 bits per heavy atom. The van der Waals surface area contributed by atoms with Crippen LogP contribution >= 0.6 is 0 Å². The van der Waals surface area contributed by atoms with Gasteiger partial charge in [-0.15, -0.1) is 0 Å². The van der Waals surface area contributed by atoms with Crippen molar-refractivity contribution in [1.29, 1.82) is 0 Å². The topological polar surface area (TPSA) is 64.1 Å². The number of carboxylic acids is 1. The lowest BCUT2D eigenvalue weighted by atomic mass is 10.3. The van der Waals surface area contributed by atoms with Crippen molar-refractivity contribution in [2.75, 3.05) is 46.3 Å². The van der Waals surface area contributed by atoms with E-state index in [2.05, 4.69) is 11.9 Å². The molecule has 0 atom stereocenters. The standard InChI is InChI=1S/C10H18N3O3/c1-11-3-5-13(6-4-11)9(14)7-12(2)8-10(15)16/h2-8H2,1H3,(H,15,16)/q-1. The van der Waals surface area contributed by atoms with Crippen LogP contribution in [0.3, 0.4) is 0 Å². The molecule has 0 aromatic heterocycles. The Morgan fingerprint density at radius 1 is 1.25 bits per heavy atom. The van der Waals surface area contributed by atoms with Gasteiger partial charge in [0.05, 0.1) is 13.1 Å². The van der Waals surface area contributed by atoms with Gasteiger partial charge < -0.3 is 19.8 Å². The van der Waals surface area contributed by atoms with Gasteiger partial charge in [0.2, 0.25) is 5.91 Å². The largest absolute Gasteiger partial charge is 0.480 e. The van der Waals surface area contributed by atoms with Crippen molar-refractivity contribution in [3.8, 4) is 0 Å². The number of hydrogen-bond acceptors (Lipinski definition) is 4. The minimum absolute atomic E-state index is 0.0515. The second-order valence-corrected chi connectivity index (χ2v) is 4.06. The van der Waals surface area contributed by atoms with Crippen LogP contribution in [-0.2, 0) is 9.59 Å². The minimum atomic E-state index is -0.971. The van der Waals surface area contributed by atoms with Crippen LogP contribution in [0.2, 0.25) is 0 Å². The van der Waals surface area contributed by atoms with Gasteiger partial charge >= 0.3 is 5.97 Å². The van der Waals surface area contributed by atoms with E-state index in [4.69, 9.17) is 5.11 Å². The average Bonchev–Trinajstić information content (AvgIpc) is 2.16. The van der Waals surface area contributed by atoms with Crippen molar-refractivity contribution in [2.24, 2.45) is 0 Å². The predicted octanol–water partition coefficient (Wildman–Crippen LogP) is -1.06. The third kappa shape index (κ3) is 4.16. The molecule has 16 heavy (non-hydrogen) atoms. The molecule has 1 aliphatic heterocycles. The van der Waals surface area contributed by atoms with E-state index in [1.807, 2.05) is 7.05 Å². The normalized spacial score (nSPS) is 17.8. The van der Waals surface area contributed by atoms with Crippen LogP contribution in [0.4, 0.5) is 0 Å². The SMILES string of the molecule is [CH2-]N(CC(=O)O)CC(=O)N1CCN(C)CC1. The lowest BCUT2D eigenvalue weighted by molar-refractivity contribution is -0.139. The molecule has 0 spiro atoms. The highest BCUT2D eigenvalue weighted by atomic mass is 16.4. The van der Waals surface area contributed by atoms with E-state index in [1.165, 1.54) is 4.90 Å². The first-order valence-corrected chi connectivity index (χ1v) is 5.22. The van der Waals surface area contributed by atoms with E-state index < -0.39 is 5.97 Å². The summed E-state index contributed by atoms with van der Waals surface area (Å²) >= 11 is 0. The fourth-order valence-corrected chi connectivity index (χ4v) is 1.59. The number of rotatable bonds is 4. The van der Waals surface area contributed by atoms with Gasteiger partial charge in [0.15, 0.2) is 0 Å². The maximum Gasteiger partial charge on any atom is 0.315 e. The summed E-state index contributed by atoms with van der Waals surface area (Å²) in [6, 6.07) is 0. The van der Waals surface area contributed by atoms with E-state index in [-0.39, 0.29) is 19.0 Å². The van der Waals surface area contributed by atoms with E-state index in [0.717, 1.165) is 13.1 Å². The Kier molecular flexibility index (Phi) is 4.70. The molecule has 1 N–H and O–H groups in total. The van der Waals surface area contributed by atoms with Gasteiger partial charge in [-0.05, 0) is 7.05 Å². The third-order valence-electron chi connectivity index (χ3n) is 2.57. The summed E-state index contributed by atoms with van der Waals surface area (Å²) < 4.78 is 0. The van der Waals surface area contributed by atoms with Crippen molar-refractivity contribution in [3.05, 3.63) is 7.05 Å². The number of likely N-dealkylation sites (N-methyl/N-ethyl adjacent to an activating group) is 1. The smallest absolute Gasteiger partial charge is 0.315 e. The maximum absolute atomic E-state index is 11.7. The fourth-order valence-electron chi connectivity index (χ4n) is 1.59. The molecule has 0 aliphatic carbocycles. The lowest BCUT2D eigenvalue weighted by Gasteiger charge is -2.34. The molecule has 0 radical (unpaired) electrons. The number of carbonyl (C=O) groups is 2. The quantitative estimate of drug-likeness (QED) is 0.621. The number of nitrogens with zero attached hydrogens (tertiary/aromatic N) is 3. The first-order valence-electron chi connectivity index (χ1n) is 5.22. The van der Waals surface area contributed by atoms with Crippen LogP contribution in [0.5, 0.6) is 0 Å². The van der Waals surface area contributed by atoms with Gasteiger partial charge in [0, 0.05) is 26.2 Å². The van der Waals surface area contributed by atoms with Crippen LogP contribution in [0.25, 0.3) is 0 Å². The molecule has 92 valence electrons. The summed E-state index contributed by atoms with van der Waals surface area (Å²) in [6.45, 7) is 2.99. The minimum Gasteiger partial charge on any atom is -0.480 e. The van der Waals surface area contributed by atoms with Gasteiger partial charge in [-0.3, -0.25) is 16.6 Å². The fraction of sp³-hybridized carbons (Fsp3) is 0.700. The summed E-state index contributed by atoms with van der Waals surface area (Å²) in [5.41, 5.74) is 0. The number of carboxylic acid groups (broad SMARTS) is 1. The molecule has 0 bridgehead atoms. The number of aliphatic carboxylic acids is 1. The zero-order valence-corrected chi connectivity index (χ0v) is 9.56. The molecule has 6 nitrogen and oxygen atoms in total. The van der Waals surface area contributed by atoms with E-state index in [0.29, 0.717) is 13.1 Å².